The molecule has 4 heterocycles. The summed E-state index contributed by atoms with van der Waals surface area (Å²) in [5.41, 5.74) is 2.25. The summed E-state index contributed by atoms with van der Waals surface area (Å²) >= 11 is 1.56. The van der Waals surface area contributed by atoms with Crippen LogP contribution in [0.15, 0.2) is 66.3 Å². The number of pyridine rings is 1. The molecule has 2 aliphatic rings. The Bertz CT molecular complexity index is 1140. The van der Waals surface area contributed by atoms with E-state index < -0.39 is 0 Å². The van der Waals surface area contributed by atoms with Gasteiger partial charge in [-0.2, -0.15) is 0 Å². The van der Waals surface area contributed by atoms with Crippen LogP contribution in [0, 0.1) is 0 Å². The van der Waals surface area contributed by atoms with Gasteiger partial charge in [0.25, 0.3) is 0 Å². The van der Waals surface area contributed by atoms with E-state index in [0.717, 1.165) is 23.7 Å². The average Bonchev–Trinajstić information content (AvgIpc) is 3.48. The first kappa shape index (κ1) is 21.5. The van der Waals surface area contributed by atoms with Gasteiger partial charge in [0.1, 0.15) is 0 Å². The lowest BCUT2D eigenvalue weighted by Gasteiger charge is -2.38. The van der Waals surface area contributed by atoms with Crippen LogP contribution in [0.5, 0.6) is 0 Å². The molecule has 0 N–H and O–H groups in total. The van der Waals surface area contributed by atoms with Gasteiger partial charge in [-0.05, 0) is 47.8 Å². The Morgan fingerprint density at radius 3 is 2.42 bits per heavy atom. The third-order valence-corrected chi connectivity index (χ3v) is 7.15. The fraction of sp³-hybridized carbons (Fsp3) is 0.280. The summed E-state index contributed by atoms with van der Waals surface area (Å²) in [7, 11) is 0. The lowest BCUT2D eigenvalue weighted by Crippen LogP contribution is -2.52. The van der Waals surface area contributed by atoms with E-state index in [2.05, 4.69) is 14.8 Å². The Balaban J connectivity index is 1.19. The third kappa shape index (κ3) is 4.44. The number of amides is 2. The van der Waals surface area contributed by atoms with Crippen LogP contribution in [0.3, 0.4) is 0 Å². The number of benzene rings is 1. The number of carbonyl (C=O) groups excluding carboxylic acids is 3. The molecule has 1 atom stereocenters. The zero-order valence-corrected chi connectivity index (χ0v) is 18.9. The molecule has 2 fully saturated rings. The second kappa shape index (κ2) is 9.25. The Kier molecular flexibility index (Phi) is 6.02. The van der Waals surface area contributed by atoms with Crippen LogP contribution in [0.2, 0.25) is 0 Å². The summed E-state index contributed by atoms with van der Waals surface area (Å²) in [5, 5.41) is 1.96. The molecular weight excluding hydrogens is 436 g/mol. The van der Waals surface area contributed by atoms with Gasteiger partial charge >= 0.3 is 0 Å². The van der Waals surface area contributed by atoms with E-state index in [1.54, 1.807) is 35.9 Å². The molecule has 0 unspecified atom stereocenters. The summed E-state index contributed by atoms with van der Waals surface area (Å²) in [6.45, 7) is 3.33. The number of piperazine rings is 1. The smallest absolute Gasteiger partial charge is 0.247 e. The fourth-order valence-corrected chi connectivity index (χ4v) is 5.15. The van der Waals surface area contributed by atoms with Crippen molar-refractivity contribution in [3.63, 3.8) is 0 Å². The highest BCUT2D eigenvalue weighted by Crippen LogP contribution is 2.25. The lowest BCUT2D eigenvalue weighted by atomic mass is 10.0. The van der Waals surface area contributed by atoms with Crippen molar-refractivity contribution in [2.75, 3.05) is 31.1 Å². The Labute approximate surface area is 196 Å². The summed E-state index contributed by atoms with van der Waals surface area (Å²) in [4.78, 5) is 48.8. The van der Waals surface area contributed by atoms with Crippen LogP contribution < -0.4 is 4.90 Å². The number of imide groups is 1. The fourth-order valence-electron chi connectivity index (χ4n) is 4.45. The zero-order valence-electron chi connectivity index (χ0n) is 18.1. The molecule has 0 saturated carbocycles. The van der Waals surface area contributed by atoms with E-state index in [9.17, 15) is 14.4 Å². The molecule has 2 saturated heterocycles. The number of ketones is 1. The number of thiophene rings is 1. The normalized spacial score (nSPS) is 19.3. The van der Waals surface area contributed by atoms with Crippen molar-refractivity contribution in [3.05, 3.63) is 82.3 Å². The van der Waals surface area contributed by atoms with Crippen molar-refractivity contribution in [1.29, 1.82) is 0 Å². The van der Waals surface area contributed by atoms with Crippen LogP contribution >= 0.6 is 11.3 Å². The third-order valence-electron chi connectivity index (χ3n) is 6.29. The van der Waals surface area contributed by atoms with Gasteiger partial charge < -0.3 is 4.90 Å². The summed E-state index contributed by atoms with van der Waals surface area (Å²) in [6, 6.07) is 14.7. The molecule has 2 amide bonds. The number of hydrogen-bond donors (Lipinski definition) is 0. The molecule has 3 aromatic rings. The van der Waals surface area contributed by atoms with E-state index >= 15 is 0 Å². The molecule has 0 radical (unpaired) electrons. The quantitative estimate of drug-likeness (QED) is 0.416. The van der Waals surface area contributed by atoms with Gasteiger partial charge in [0.2, 0.25) is 11.8 Å². The molecule has 2 aromatic heterocycles. The Morgan fingerprint density at radius 1 is 0.970 bits per heavy atom. The molecule has 33 heavy (non-hydrogen) atoms. The first-order chi connectivity index (χ1) is 16.1. The number of hydrogen-bond acceptors (Lipinski definition) is 7. The number of carbonyl (C=O) groups is 3. The minimum atomic E-state index is -0.362. The molecule has 0 aliphatic carbocycles. The minimum absolute atomic E-state index is 0.0454. The number of nitrogens with zero attached hydrogens (tertiary/aromatic N) is 4. The second-order valence-electron chi connectivity index (χ2n) is 8.26. The molecule has 8 heteroatoms. The maximum Gasteiger partial charge on any atom is 0.247 e. The zero-order chi connectivity index (χ0) is 22.8. The Morgan fingerprint density at radius 2 is 1.76 bits per heavy atom. The predicted molar refractivity (Wildman–Crippen MR) is 126 cm³/mol. The molecule has 0 bridgehead atoms. The van der Waals surface area contributed by atoms with E-state index in [4.69, 9.17) is 0 Å². The van der Waals surface area contributed by atoms with E-state index in [1.165, 1.54) is 4.90 Å². The van der Waals surface area contributed by atoms with Crippen LogP contribution in [0.25, 0.3) is 0 Å². The molecule has 5 rings (SSSR count). The molecule has 1 aromatic carbocycles. The van der Waals surface area contributed by atoms with Crippen LogP contribution in [0.1, 0.15) is 27.2 Å². The minimum Gasteiger partial charge on any atom is -0.369 e. The molecule has 168 valence electrons. The largest absolute Gasteiger partial charge is 0.369 e. The van der Waals surface area contributed by atoms with Crippen molar-refractivity contribution in [2.45, 2.75) is 19.0 Å². The summed E-state index contributed by atoms with van der Waals surface area (Å²) in [5.74, 6) is -0.217. The van der Waals surface area contributed by atoms with E-state index in [1.807, 2.05) is 41.8 Å². The Hall–Kier alpha value is -3.36. The van der Waals surface area contributed by atoms with Gasteiger partial charge in [-0.15, -0.1) is 11.3 Å². The maximum atomic E-state index is 12.9. The van der Waals surface area contributed by atoms with Gasteiger partial charge in [-0.3, -0.25) is 29.2 Å². The summed E-state index contributed by atoms with van der Waals surface area (Å²) in [6.07, 6.45) is 3.48. The monoisotopic (exact) mass is 460 g/mol. The van der Waals surface area contributed by atoms with Crippen molar-refractivity contribution < 1.29 is 14.4 Å². The maximum absolute atomic E-state index is 12.9. The van der Waals surface area contributed by atoms with Crippen LogP contribution in [-0.4, -0.2) is 64.6 Å². The van der Waals surface area contributed by atoms with Gasteiger partial charge in [-0.25, -0.2) is 0 Å². The topological polar surface area (TPSA) is 73.8 Å². The number of rotatable bonds is 6. The SMILES string of the molecule is O=C(c1ccc(N2CCN([C@H]3CC(=O)N(Cc4cccs4)C3=O)CC2)cc1)c1cccnc1. The van der Waals surface area contributed by atoms with Crippen LogP contribution in [-0.2, 0) is 16.1 Å². The summed E-state index contributed by atoms with van der Waals surface area (Å²) < 4.78 is 0. The standard InChI is InChI=1S/C25H24N4O3S/c30-23-15-22(25(32)29(23)17-21-4-2-14-33-21)28-12-10-27(11-13-28)20-7-5-18(6-8-20)24(31)19-3-1-9-26-16-19/h1-9,14,16,22H,10-13,15,17H2/t22-/m0/s1. The number of likely N-dealkylation sites (tertiary alicyclic amines) is 1. The van der Waals surface area contributed by atoms with E-state index in [0.29, 0.717) is 30.8 Å². The highest BCUT2D eigenvalue weighted by Gasteiger charge is 2.42. The van der Waals surface area contributed by atoms with Crippen molar-refractivity contribution in [2.24, 2.45) is 0 Å². The first-order valence-corrected chi connectivity index (χ1v) is 11.9. The molecule has 2 aliphatic heterocycles. The van der Waals surface area contributed by atoms with E-state index in [-0.39, 0.29) is 30.1 Å². The van der Waals surface area contributed by atoms with Gasteiger partial charge in [-0.1, -0.05) is 6.07 Å². The van der Waals surface area contributed by atoms with Crippen molar-refractivity contribution in [3.8, 4) is 0 Å². The number of aromatic nitrogens is 1. The second-order valence-corrected chi connectivity index (χ2v) is 9.29. The molecule has 7 nitrogen and oxygen atoms in total. The van der Waals surface area contributed by atoms with Crippen molar-refractivity contribution in [1.82, 2.24) is 14.8 Å². The first-order valence-electron chi connectivity index (χ1n) is 11.0. The van der Waals surface area contributed by atoms with Crippen LogP contribution in [0.4, 0.5) is 5.69 Å². The number of anilines is 1. The highest BCUT2D eigenvalue weighted by molar-refractivity contribution is 7.09. The van der Waals surface area contributed by atoms with Gasteiger partial charge in [0.05, 0.1) is 19.0 Å². The highest BCUT2D eigenvalue weighted by atomic mass is 32.1. The predicted octanol–water partition coefficient (Wildman–Crippen LogP) is 2.82. The lowest BCUT2D eigenvalue weighted by molar-refractivity contribution is -0.140. The van der Waals surface area contributed by atoms with Crippen molar-refractivity contribution >= 4 is 34.6 Å². The van der Waals surface area contributed by atoms with Gasteiger partial charge in [0, 0.05) is 60.3 Å². The van der Waals surface area contributed by atoms with Gasteiger partial charge in [0.15, 0.2) is 5.78 Å². The molecular formula is C25H24N4O3S. The molecule has 0 spiro atoms. The average molecular weight is 461 g/mol.